The molecule has 102 valence electrons. The Balaban J connectivity index is 1.71. The largest absolute Gasteiger partial charge is 0.350 e. The van der Waals surface area contributed by atoms with Gasteiger partial charge in [0, 0.05) is 18.2 Å². The molecule has 1 aromatic rings. The predicted molar refractivity (Wildman–Crippen MR) is 76.1 cm³/mol. The Morgan fingerprint density at radius 1 is 1.47 bits per heavy atom. The van der Waals surface area contributed by atoms with Crippen molar-refractivity contribution in [3.05, 3.63) is 34.9 Å². The van der Waals surface area contributed by atoms with Crippen molar-refractivity contribution >= 4 is 5.91 Å². The Bertz CT molecular complexity index is 480. The zero-order valence-electron chi connectivity index (χ0n) is 11.5. The first-order valence-electron chi connectivity index (χ1n) is 7.36. The van der Waals surface area contributed by atoms with Crippen LogP contribution in [-0.2, 0) is 13.0 Å². The molecule has 3 heteroatoms. The van der Waals surface area contributed by atoms with Gasteiger partial charge in [0.2, 0.25) is 0 Å². The van der Waals surface area contributed by atoms with Crippen LogP contribution in [0.3, 0.4) is 0 Å². The fraction of sp³-hybridized carbons (Fsp3) is 0.562. The average molecular weight is 258 g/mol. The van der Waals surface area contributed by atoms with E-state index in [1.165, 1.54) is 24.0 Å². The van der Waals surface area contributed by atoms with Crippen LogP contribution in [0.1, 0.15) is 47.7 Å². The summed E-state index contributed by atoms with van der Waals surface area (Å²) < 4.78 is 0. The van der Waals surface area contributed by atoms with E-state index < -0.39 is 0 Å². The van der Waals surface area contributed by atoms with Crippen molar-refractivity contribution in [2.75, 3.05) is 6.54 Å². The smallest absolute Gasteiger partial charge is 0.251 e. The van der Waals surface area contributed by atoms with Crippen molar-refractivity contribution in [1.29, 1.82) is 0 Å². The highest BCUT2D eigenvalue weighted by atomic mass is 16.1. The first kappa shape index (κ1) is 12.7. The number of nitrogens with one attached hydrogen (secondary N) is 2. The van der Waals surface area contributed by atoms with Crippen LogP contribution in [0.5, 0.6) is 0 Å². The van der Waals surface area contributed by atoms with E-state index in [1.54, 1.807) is 0 Å². The predicted octanol–water partition coefficient (Wildman–Crippen LogP) is 2.25. The van der Waals surface area contributed by atoms with Gasteiger partial charge in [0.25, 0.3) is 5.91 Å². The van der Waals surface area contributed by atoms with Gasteiger partial charge in [-0.3, -0.25) is 4.79 Å². The molecule has 3 rings (SSSR count). The Morgan fingerprint density at radius 2 is 2.32 bits per heavy atom. The van der Waals surface area contributed by atoms with E-state index in [0.29, 0.717) is 0 Å². The number of fused-ring (bicyclic) bond motifs is 1. The quantitative estimate of drug-likeness (QED) is 0.869. The summed E-state index contributed by atoms with van der Waals surface area (Å²) >= 11 is 0. The van der Waals surface area contributed by atoms with E-state index in [-0.39, 0.29) is 11.9 Å². The third-order valence-electron chi connectivity index (χ3n) is 4.15. The average Bonchev–Trinajstić information content (AvgIpc) is 3.21. The van der Waals surface area contributed by atoms with E-state index in [4.69, 9.17) is 0 Å². The minimum absolute atomic E-state index is 0.104. The normalized spacial score (nSPS) is 19.6. The Morgan fingerprint density at radius 3 is 3.11 bits per heavy atom. The summed E-state index contributed by atoms with van der Waals surface area (Å²) in [5, 5.41) is 6.51. The van der Waals surface area contributed by atoms with Gasteiger partial charge in [-0.15, -0.1) is 0 Å². The van der Waals surface area contributed by atoms with Gasteiger partial charge < -0.3 is 10.6 Å². The fourth-order valence-corrected chi connectivity index (χ4v) is 2.96. The van der Waals surface area contributed by atoms with Crippen molar-refractivity contribution in [3.8, 4) is 0 Å². The molecule has 0 aromatic heterocycles. The molecule has 0 saturated heterocycles. The minimum Gasteiger partial charge on any atom is -0.350 e. The summed E-state index contributed by atoms with van der Waals surface area (Å²) in [5.74, 6) is 0.955. The lowest BCUT2D eigenvalue weighted by atomic mass is 9.95. The molecule has 0 bridgehead atoms. The maximum atomic E-state index is 12.4. The molecule has 1 atom stereocenters. The highest BCUT2D eigenvalue weighted by Crippen LogP contribution is 2.33. The van der Waals surface area contributed by atoms with Crippen LogP contribution >= 0.6 is 0 Å². The van der Waals surface area contributed by atoms with Crippen molar-refractivity contribution < 1.29 is 4.79 Å². The van der Waals surface area contributed by atoms with Gasteiger partial charge in [-0.1, -0.05) is 25.0 Å². The number of benzene rings is 1. The molecule has 0 radical (unpaired) electrons. The van der Waals surface area contributed by atoms with Gasteiger partial charge in [0.05, 0.1) is 0 Å². The van der Waals surface area contributed by atoms with Gasteiger partial charge >= 0.3 is 0 Å². The lowest BCUT2D eigenvalue weighted by Gasteiger charge is -2.21. The molecule has 2 N–H and O–H groups in total. The summed E-state index contributed by atoms with van der Waals surface area (Å²) in [6, 6.07) is 6.36. The van der Waals surface area contributed by atoms with Crippen LogP contribution in [0.2, 0.25) is 0 Å². The topological polar surface area (TPSA) is 41.1 Å². The third kappa shape index (κ3) is 2.98. The van der Waals surface area contributed by atoms with Gasteiger partial charge in [-0.25, -0.2) is 0 Å². The van der Waals surface area contributed by atoms with Crippen LogP contribution in [0.4, 0.5) is 0 Å². The molecule has 1 aliphatic carbocycles. The second-order valence-corrected chi connectivity index (χ2v) is 5.92. The second-order valence-electron chi connectivity index (χ2n) is 5.92. The van der Waals surface area contributed by atoms with E-state index >= 15 is 0 Å². The monoisotopic (exact) mass is 258 g/mol. The molecular weight excluding hydrogens is 236 g/mol. The van der Waals surface area contributed by atoms with E-state index in [9.17, 15) is 4.79 Å². The molecule has 1 fully saturated rings. The molecule has 19 heavy (non-hydrogen) atoms. The number of rotatable bonds is 4. The van der Waals surface area contributed by atoms with E-state index in [2.05, 4.69) is 23.6 Å². The van der Waals surface area contributed by atoms with Crippen LogP contribution in [0.15, 0.2) is 18.2 Å². The molecular formula is C16H22N2O. The zero-order chi connectivity index (χ0) is 13.2. The molecule has 1 aromatic carbocycles. The first-order valence-corrected chi connectivity index (χ1v) is 7.36. The molecule has 3 nitrogen and oxygen atoms in total. The van der Waals surface area contributed by atoms with Gasteiger partial charge in [-0.05, 0) is 49.4 Å². The lowest BCUT2D eigenvalue weighted by molar-refractivity contribution is 0.0936. The summed E-state index contributed by atoms with van der Waals surface area (Å²) in [5.41, 5.74) is 3.38. The Labute approximate surface area is 114 Å². The Hall–Kier alpha value is -1.35. The molecule has 1 aliphatic heterocycles. The highest BCUT2D eigenvalue weighted by molar-refractivity contribution is 5.96. The fourth-order valence-electron chi connectivity index (χ4n) is 2.96. The van der Waals surface area contributed by atoms with Crippen molar-refractivity contribution in [2.24, 2.45) is 5.92 Å². The van der Waals surface area contributed by atoms with Crippen LogP contribution in [0.25, 0.3) is 0 Å². The first-order chi connectivity index (χ1) is 9.24. The van der Waals surface area contributed by atoms with Gasteiger partial charge in [0.15, 0.2) is 0 Å². The van der Waals surface area contributed by atoms with Crippen molar-refractivity contribution in [2.45, 2.75) is 45.2 Å². The SMILES string of the molecule is CC(CC1CC1)NC(=O)c1cccc2c1CCNC2. The maximum absolute atomic E-state index is 12.4. The second kappa shape index (κ2) is 5.33. The highest BCUT2D eigenvalue weighted by Gasteiger charge is 2.25. The Kier molecular flexibility index (Phi) is 3.56. The summed E-state index contributed by atoms with van der Waals surface area (Å²) in [6.45, 7) is 3.97. The lowest BCUT2D eigenvalue weighted by Crippen LogP contribution is -2.35. The zero-order valence-corrected chi connectivity index (χ0v) is 11.5. The maximum Gasteiger partial charge on any atom is 0.251 e. The molecule has 1 unspecified atom stereocenters. The summed E-state index contributed by atoms with van der Waals surface area (Å²) in [7, 11) is 0. The number of hydrogen-bond donors (Lipinski definition) is 2. The molecule has 2 aliphatic rings. The van der Waals surface area contributed by atoms with E-state index in [1.807, 2.05) is 12.1 Å². The van der Waals surface area contributed by atoms with Crippen molar-refractivity contribution in [3.63, 3.8) is 0 Å². The third-order valence-corrected chi connectivity index (χ3v) is 4.15. The van der Waals surface area contributed by atoms with Crippen molar-refractivity contribution in [1.82, 2.24) is 10.6 Å². The number of hydrogen-bond acceptors (Lipinski definition) is 2. The summed E-state index contributed by atoms with van der Waals surface area (Å²) in [6.07, 6.45) is 4.76. The van der Waals surface area contributed by atoms with Crippen LogP contribution in [-0.4, -0.2) is 18.5 Å². The standard InChI is InChI=1S/C16H22N2O/c1-11(9-12-5-6-12)18-16(19)15-4-2-3-13-10-17-8-7-14(13)15/h2-4,11-12,17H,5-10H2,1H3,(H,18,19). The van der Waals surface area contributed by atoms with E-state index in [0.717, 1.165) is 37.4 Å². The molecule has 1 saturated carbocycles. The number of carbonyl (C=O) groups is 1. The minimum atomic E-state index is 0.104. The molecule has 1 heterocycles. The summed E-state index contributed by atoms with van der Waals surface area (Å²) in [4.78, 5) is 12.4. The van der Waals surface area contributed by atoms with Gasteiger partial charge in [-0.2, -0.15) is 0 Å². The number of carbonyl (C=O) groups excluding carboxylic acids is 1. The van der Waals surface area contributed by atoms with Gasteiger partial charge in [0.1, 0.15) is 0 Å². The number of amides is 1. The van der Waals surface area contributed by atoms with Crippen LogP contribution < -0.4 is 10.6 Å². The van der Waals surface area contributed by atoms with Crippen LogP contribution in [0, 0.1) is 5.92 Å². The molecule has 1 amide bonds. The molecule has 0 spiro atoms.